The Hall–Kier alpha value is -2.45. The molecule has 0 bridgehead atoms. The minimum Gasteiger partial charge on any atom is -0.378 e. The van der Waals surface area contributed by atoms with Crippen molar-refractivity contribution in [1.29, 1.82) is 0 Å². The molecule has 1 aromatic heterocycles. The van der Waals surface area contributed by atoms with Gasteiger partial charge in [-0.25, -0.2) is 8.78 Å². The van der Waals surface area contributed by atoms with Crippen molar-refractivity contribution in [1.82, 2.24) is 9.88 Å². The van der Waals surface area contributed by atoms with E-state index < -0.39 is 21.9 Å². The molecule has 0 spiro atoms. The van der Waals surface area contributed by atoms with Gasteiger partial charge in [-0.1, -0.05) is 29.4 Å². The number of aromatic nitrogens is 1. The summed E-state index contributed by atoms with van der Waals surface area (Å²) in [5.74, 6) is -1.18. The molecule has 1 saturated heterocycles. The van der Waals surface area contributed by atoms with Crippen LogP contribution in [0.5, 0.6) is 0 Å². The first-order valence-electron chi connectivity index (χ1n) is 10.8. The highest BCUT2D eigenvalue weighted by molar-refractivity contribution is 8.15. The van der Waals surface area contributed by atoms with Gasteiger partial charge in [-0.15, -0.1) is 0 Å². The Morgan fingerprint density at radius 2 is 2.15 bits per heavy atom. The molecule has 1 aromatic carbocycles. The summed E-state index contributed by atoms with van der Waals surface area (Å²) in [4.78, 5) is 23.8. The minimum absolute atomic E-state index is 0.0524. The summed E-state index contributed by atoms with van der Waals surface area (Å²) >= 11 is 7.11. The molecule has 1 aliphatic carbocycles. The number of carbonyl (C=O) groups excluding carboxylic acids is 1. The Morgan fingerprint density at radius 3 is 2.79 bits per heavy atom. The SMILES string of the molecule is C[C@@H]1CCN1C(=O)[C@]12C[C@H]1[C@@](C)(c1cc(/C=C(\F)c3ccc(Cl)cn3)ccc1F)N=C(N)S2. The van der Waals surface area contributed by atoms with Gasteiger partial charge < -0.3 is 10.6 Å². The molecule has 0 unspecified atom stereocenters. The number of hydrogen-bond donors (Lipinski definition) is 1. The molecule has 33 heavy (non-hydrogen) atoms. The molecule has 0 radical (unpaired) electrons. The van der Waals surface area contributed by atoms with Crippen LogP contribution >= 0.6 is 23.4 Å². The predicted molar refractivity (Wildman–Crippen MR) is 128 cm³/mol. The number of nitrogens with zero attached hydrogens (tertiary/aromatic N) is 3. The smallest absolute Gasteiger partial charge is 0.239 e. The highest BCUT2D eigenvalue weighted by atomic mass is 35.5. The summed E-state index contributed by atoms with van der Waals surface area (Å²) in [6.45, 7) is 4.57. The number of hydrogen-bond acceptors (Lipinski definition) is 5. The largest absolute Gasteiger partial charge is 0.378 e. The van der Waals surface area contributed by atoms with E-state index in [0.717, 1.165) is 13.0 Å². The minimum atomic E-state index is -1.03. The molecule has 3 heterocycles. The number of pyridine rings is 1. The summed E-state index contributed by atoms with van der Waals surface area (Å²) in [5, 5.41) is 0.675. The number of carbonyl (C=O) groups is 1. The van der Waals surface area contributed by atoms with E-state index in [-0.39, 0.29) is 28.7 Å². The van der Waals surface area contributed by atoms with Crippen molar-refractivity contribution in [2.24, 2.45) is 16.6 Å². The van der Waals surface area contributed by atoms with Gasteiger partial charge in [0.2, 0.25) is 5.91 Å². The molecule has 5 rings (SSSR count). The monoisotopic (exact) mass is 488 g/mol. The summed E-state index contributed by atoms with van der Waals surface area (Å²) < 4.78 is 29.1. The Kier molecular flexibility index (Phi) is 5.29. The van der Waals surface area contributed by atoms with Crippen molar-refractivity contribution >= 4 is 46.3 Å². The summed E-state index contributed by atoms with van der Waals surface area (Å²) in [5.41, 5.74) is 6.03. The second kappa shape index (κ2) is 7.81. The van der Waals surface area contributed by atoms with E-state index in [1.165, 1.54) is 42.2 Å². The number of nitrogens with two attached hydrogens (primary N) is 1. The predicted octanol–water partition coefficient (Wildman–Crippen LogP) is 5.00. The first-order valence-corrected chi connectivity index (χ1v) is 12.0. The van der Waals surface area contributed by atoms with Gasteiger partial charge in [-0.3, -0.25) is 14.8 Å². The molecule has 1 amide bonds. The summed E-state index contributed by atoms with van der Waals surface area (Å²) in [6.07, 6.45) is 4.21. The molecular formula is C24H23ClF2N4OS. The van der Waals surface area contributed by atoms with Gasteiger partial charge in [0.25, 0.3) is 0 Å². The zero-order valence-electron chi connectivity index (χ0n) is 18.2. The topological polar surface area (TPSA) is 71.6 Å². The second-order valence-corrected chi connectivity index (χ2v) is 10.9. The molecule has 2 aromatic rings. The van der Waals surface area contributed by atoms with Gasteiger partial charge in [0, 0.05) is 30.3 Å². The van der Waals surface area contributed by atoms with Crippen LogP contribution in [-0.2, 0) is 10.3 Å². The number of thioether (sulfide) groups is 1. The van der Waals surface area contributed by atoms with Crippen LogP contribution in [-0.4, -0.2) is 38.3 Å². The van der Waals surface area contributed by atoms with Gasteiger partial charge in [0.15, 0.2) is 5.17 Å². The molecule has 9 heteroatoms. The Morgan fingerprint density at radius 1 is 1.36 bits per heavy atom. The number of amides is 1. The van der Waals surface area contributed by atoms with Gasteiger partial charge in [-0.2, -0.15) is 0 Å². The van der Waals surface area contributed by atoms with Crippen LogP contribution in [0.25, 0.3) is 11.9 Å². The third kappa shape index (κ3) is 3.64. The maximum absolute atomic E-state index is 15.1. The molecule has 4 atom stereocenters. The van der Waals surface area contributed by atoms with Crippen LogP contribution in [0.3, 0.4) is 0 Å². The number of amidine groups is 1. The van der Waals surface area contributed by atoms with E-state index in [1.807, 2.05) is 18.7 Å². The van der Waals surface area contributed by atoms with Crippen LogP contribution < -0.4 is 5.73 Å². The first-order chi connectivity index (χ1) is 15.6. The van der Waals surface area contributed by atoms with E-state index in [9.17, 15) is 9.18 Å². The maximum atomic E-state index is 15.1. The first kappa shape index (κ1) is 22.3. The Bertz CT molecular complexity index is 1200. The number of benzene rings is 1. The van der Waals surface area contributed by atoms with Crippen LogP contribution in [0.1, 0.15) is 43.5 Å². The molecule has 172 valence electrons. The highest BCUT2D eigenvalue weighted by Gasteiger charge is 2.71. The third-order valence-electron chi connectivity index (χ3n) is 6.96. The lowest BCUT2D eigenvalue weighted by Crippen LogP contribution is -2.55. The van der Waals surface area contributed by atoms with Crippen LogP contribution in [0.15, 0.2) is 41.5 Å². The number of aliphatic imine (C=N–C) groups is 1. The van der Waals surface area contributed by atoms with Gasteiger partial charge in [0.1, 0.15) is 16.4 Å². The van der Waals surface area contributed by atoms with Crippen LogP contribution in [0.2, 0.25) is 5.02 Å². The van der Waals surface area contributed by atoms with Crippen molar-refractivity contribution < 1.29 is 13.6 Å². The summed E-state index contributed by atoms with van der Waals surface area (Å²) in [7, 11) is 0. The molecule has 3 aliphatic rings. The third-order valence-corrected chi connectivity index (χ3v) is 8.48. The highest BCUT2D eigenvalue weighted by Crippen LogP contribution is 2.66. The van der Waals surface area contributed by atoms with Crippen molar-refractivity contribution in [3.05, 3.63) is 64.2 Å². The van der Waals surface area contributed by atoms with Crippen molar-refractivity contribution in [3.8, 4) is 0 Å². The van der Waals surface area contributed by atoms with Gasteiger partial charge in [0.05, 0.1) is 16.3 Å². The molecule has 1 saturated carbocycles. The fraction of sp³-hybridized carbons (Fsp3) is 0.375. The zero-order chi connectivity index (χ0) is 23.5. The van der Waals surface area contributed by atoms with Crippen LogP contribution in [0, 0.1) is 11.7 Å². The standard InChI is InChI=1S/C24H23ClF2N4OS/c1-13-7-8-31(13)21(32)24-11-20(24)23(2,30-22(28)33-24)16-9-14(3-5-17(16)26)10-18(27)19-6-4-15(25)12-29-19/h3-6,9-10,12-13,20H,7-8,11H2,1-2H3,(H2,28,30)/b18-10-/t13-,20+,23-,24+/m1/s1. The maximum Gasteiger partial charge on any atom is 0.239 e. The lowest BCUT2D eigenvalue weighted by atomic mass is 9.84. The molecule has 2 aliphatic heterocycles. The van der Waals surface area contributed by atoms with E-state index >= 15 is 4.39 Å². The fourth-order valence-electron chi connectivity index (χ4n) is 4.87. The number of rotatable bonds is 4. The normalized spacial score (nSPS) is 30.9. The van der Waals surface area contributed by atoms with Crippen molar-refractivity contribution in [2.45, 2.75) is 43.0 Å². The molecule has 5 nitrogen and oxygen atoms in total. The average molecular weight is 489 g/mol. The zero-order valence-corrected chi connectivity index (χ0v) is 19.8. The molecule has 2 N–H and O–H groups in total. The fourth-order valence-corrected chi connectivity index (χ4v) is 6.42. The van der Waals surface area contributed by atoms with E-state index in [1.54, 1.807) is 12.1 Å². The molecule has 2 fully saturated rings. The van der Waals surface area contributed by atoms with Gasteiger partial charge >= 0.3 is 0 Å². The molecular weight excluding hydrogens is 466 g/mol. The average Bonchev–Trinajstić information content (AvgIpc) is 3.51. The van der Waals surface area contributed by atoms with Crippen molar-refractivity contribution in [3.63, 3.8) is 0 Å². The summed E-state index contributed by atoms with van der Waals surface area (Å²) in [6, 6.07) is 7.60. The number of likely N-dealkylation sites (tertiary alicyclic amines) is 1. The van der Waals surface area contributed by atoms with E-state index in [0.29, 0.717) is 22.6 Å². The quantitative estimate of drug-likeness (QED) is 0.657. The number of fused-ring (bicyclic) bond motifs is 1. The van der Waals surface area contributed by atoms with Crippen LogP contribution in [0.4, 0.5) is 8.78 Å². The Balaban J connectivity index is 1.50. The lowest BCUT2D eigenvalue weighted by molar-refractivity contribution is -0.138. The second-order valence-electron chi connectivity index (χ2n) is 9.08. The number of halogens is 3. The van der Waals surface area contributed by atoms with Crippen molar-refractivity contribution in [2.75, 3.05) is 6.54 Å². The Labute approximate surface area is 200 Å². The van der Waals surface area contributed by atoms with E-state index in [2.05, 4.69) is 9.98 Å². The van der Waals surface area contributed by atoms with Gasteiger partial charge in [-0.05, 0) is 62.6 Å². The lowest BCUT2D eigenvalue weighted by Gasteiger charge is -2.43. The van der Waals surface area contributed by atoms with E-state index in [4.69, 9.17) is 17.3 Å².